The highest BCUT2D eigenvalue weighted by Gasteiger charge is 2.04. The Morgan fingerprint density at radius 3 is 2.35 bits per heavy atom. The molecular formula is C13H11O3S-. The fourth-order valence-electron chi connectivity index (χ4n) is 1.66. The van der Waals surface area contributed by atoms with Gasteiger partial charge in [-0.3, -0.25) is 4.21 Å². The van der Waals surface area contributed by atoms with Gasteiger partial charge in [-0.2, -0.15) is 0 Å². The van der Waals surface area contributed by atoms with Crippen LogP contribution in [-0.4, -0.2) is 13.9 Å². The zero-order valence-electron chi connectivity index (χ0n) is 9.21. The first-order valence-corrected chi connectivity index (χ1v) is 6.15. The average Bonchev–Trinajstić information content (AvgIpc) is 2.31. The van der Waals surface area contributed by atoms with Crippen molar-refractivity contribution in [3.8, 4) is 16.9 Å². The molecule has 0 spiro atoms. The summed E-state index contributed by atoms with van der Waals surface area (Å²) in [6.07, 6.45) is 0. The minimum absolute atomic E-state index is 0.190. The maximum atomic E-state index is 10.9. The molecule has 0 radical (unpaired) electrons. The van der Waals surface area contributed by atoms with E-state index < -0.39 is 11.1 Å². The van der Waals surface area contributed by atoms with E-state index in [4.69, 9.17) is 0 Å². The summed E-state index contributed by atoms with van der Waals surface area (Å²) < 4.78 is 21.8. The quantitative estimate of drug-likeness (QED) is 0.830. The van der Waals surface area contributed by atoms with Crippen LogP contribution >= 0.6 is 0 Å². The summed E-state index contributed by atoms with van der Waals surface area (Å²) in [7, 11) is 0. The molecule has 4 heteroatoms. The molecule has 0 amide bonds. The zero-order valence-corrected chi connectivity index (χ0v) is 10.0. The first-order chi connectivity index (χ1) is 8.08. The van der Waals surface area contributed by atoms with Crippen LogP contribution in [0.3, 0.4) is 0 Å². The third-order valence-electron chi connectivity index (χ3n) is 2.58. The van der Waals surface area contributed by atoms with Gasteiger partial charge in [-0.1, -0.05) is 18.2 Å². The van der Waals surface area contributed by atoms with Gasteiger partial charge in [0.25, 0.3) is 0 Å². The molecule has 2 aromatic carbocycles. The van der Waals surface area contributed by atoms with Gasteiger partial charge in [0.1, 0.15) is 5.75 Å². The largest absolute Gasteiger partial charge is 0.768 e. The van der Waals surface area contributed by atoms with Crippen LogP contribution < -0.4 is 0 Å². The molecule has 3 nitrogen and oxygen atoms in total. The second-order valence-electron chi connectivity index (χ2n) is 3.76. The second kappa shape index (κ2) is 4.69. The van der Waals surface area contributed by atoms with E-state index in [1.807, 2.05) is 6.92 Å². The third kappa shape index (κ3) is 2.54. The van der Waals surface area contributed by atoms with Gasteiger partial charge in [0.2, 0.25) is 0 Å². The van der Waals surface area contributed by atoms with Crippen molar-refractivity contribution >= 4 is 11.1 Å². The fourth-order valence-corrected chi connectivity index (χ4v) is 2.05. The van der Waals surface area contributed by atoms with E-state index in [9.17, 15) is 13.9 Å². The highest BCUT2D eigenvalue weighted by atomic mass is 32.2. The summed E-state index contributed by atoms with van der Waals surface area (Å²) in [6, 6.07) is 11.6. The van der Waals surface area contributed by atoms with Gasteiger partial charge in [-0.25, -0.2) is 0 Å². The molecule has 0 heterocycles. The highest BCUT2D eigenvalue weighted by Crippen LogP contribution is 2.26. The summed E-state index contributed by atoms with van der Waals surface area (Å²) in [6.45, 7) is 1.92. The summed E-state index contributed by atoms with van der Waals surface area (Å²) >= 11 is -2.23. The number of aryl methyl sites for hydroxylation is 1. The lowest BCUT2D eigenvalue weighted by Gasteiger charge is -2.11. The van der Waals surface area contributed by atoms with Crippen LogP contribution in [0, 0.1) is 6.92 Å². The van der Waals surface area contributed by atoms with Crippen molar-refractivity contribution in [3.05, 3.63) is 48.0 Å². The Morgan fingerprint density at radius 2 is 1.76 bits per heavy atom. The van der Waals surface area contributed by atoms with Gasteiger partial charge < -0.3 is 9.66 Å². The molecule has 0 aromatic heterocycles. The average molecular weight is 247 g/mol. The van der Waals surface area contributed by atoms with E-state index >= 15 is 0 Å². The lowest BCUT2D eigenvalue weighted by Crippen LogP contribution is -1.91. The van der Waals surface area contributed by atoms with Crippen molar-refractivity contribution in [1.29, 1.82) is 0 Å². The lowest BCUT2D eigenvalue weighted by molar-refractivity contribution is 0.475. The number of hydrogen-bond acceptors (Lipinski definition) is 3. The standard InChI is InChI=1S/C13H12O3S/c1-9-2-7-12(17(15)16)8-13(9)10-3-5-11(14)6-4-10/h2-8,14H,1H3,(H,15,16)/p-1. The number of phenols is 1. The van der Waals surface area contributed by atoms with Crippen molar-refractivity contribution in [1.82, 2.24) is 0 Å². The van der Waals surface area contributed by atoms with Gasteiger partial charge in [0, 0.05) is 4.90 Å². The molecule has 0 bridgehead atoms. The molecule has 2 aromatic rings. The van der Waals surface area contributed by atoms with Crippen molar-refractivity contribution in [2.75, 3.05) is 0 Å². The molecule has 0 fully saturated rings. The van der Waals surface area contributed by atoms with Crippen LogP contribution in [0.15, 0.2) is 47.4 Å². The van der Waals surface area contributed by atoms with E-state index in [0.29, 0.717) is 0 Å². The Morgan fingerprint density at radius 1 is 1.12 bits per heavy atom. The van der Waals surface area contributed by atoms with Gasteiger partial charge in [-0.15, -0.1) is 0 Å². The Kier molecular flexibility index (Phi) is 3.26. The van der Waals surface area contributed by atoms with E-state index in [0.717, 1.165) is 16.7 Å². The van der Waals surface area contributed by atoms with Crippen LogP contribution in [0.5, 0.6) is 5.75 Å². The Labute approximate surface area is 102 Å². The molecule has 88 valence electrons. The van der Waals surface area contributed by atoms with Gasteiger partial charge >= 0.3 is 0 Å². The molecule has 17 heavy (non-hydrogen) atoms. The van der Waals surface area contributed by atoms with Crippen molar-refractivity contribution < 1.29 is 13.9 Å². The first-order valence-electron chi connectivity index (χ1n) is 5.07. The number of rotatable bonds is 2. The first kappa shape index (κ1) is 11.8. The molecule has 0 saturated heterocycles. The predicted molar refractivity (Wildman–Crippen MR) is 65.5 cm³/mol. The maximum absolute atomic E-state index is 10.9. The lowest BCUT2D eigenvalue weighted by atomic mass is 10.0. The predicted octanol–water partition coefficient (Wildman–Crippen LogP) is 2.61. The molecule has 1 unspecified atom stereocenters. The molecule has 1 atom stereocenters. The van der Waals surface area contributed by atoms with Crippen LogP contribution in [0.2, 0.25) is 0 Å². The SMILES string of the molecule is Cc1ccc(S(=O)[O-])cc1-c1ccc(O)cc1. The smallest absolute Gasteiger partial charge is 0.115 e. The van der Waals surface area contributed by atoms with Gasteiger partial charge in [0.15, 0.2) is 0 Å². The summed E-state index contributed by atoms with van der Waals surface area (Å²) in [4.78, 5) is 0.263. The molecule has 0 aliphatic heterocycles. The van der Waals surface area contributed by atoms with Crippen LogP contribution in [-0.2, 0) is 11.1 Å². The number of hydrogen-bond donors (Lipinski definition) is 1. The van der Waals surface area contributed by atoms with Crippen molar-refractivity contribution in [2.45, 2.75) is 11.8 Å². The fraction of sp³-hybridized carbons (Fsp3) is 0.0769. The van der Waals surface area contributed by atoms with Crippen molar-refractivity contribution in [2.24, 2.45) is 0 Å². The summed E-state index contributed by atoms with van der Waals surface area (Å²) in [5.74, 6) is 0.190. The van der Waals surface area contributed by atoms with Crippen LogP contribution in [0.1, 0.15) is 5.56 Å². The minimum atomic E-state index is -2.23. The molecule has 0 aliphatic carbocycles. The summed E-state index contributed by atoms with van der Waals surface area (Å²) in [5, 5.41) is 9.22. The highest BCUT2D eigenvalue weighted by molar-refractivity contribution is 7.79. The number of phenolic OH excluding ortho intramolecular Hbond substituents is 1. The van der Waals surface area contributed by atoms with E-state index in [-0.39, 0.29) is 10.6 Å². The van der Waals surface area contributed by atoms with Gasteiger partial charge in [-0.05, 0) is 59.0 Å². The molecular weight excluding hydrogens is 236 g/mol. The third-order valence-corrected chi connectivity index (χ3v) is 3.22. The topological polar surface area (TPSA) is 60.4 Å². The minimum Gasteiger partial charge on any atom is -0.768 e. The molecule has 0 saturated carbocycles. The van der Waals surface area contributed by atoms with Crippen LogP contribution in [0.25, 0.3) is 11.1 Å². The van der Waals surface area contributed by atoms with E-state index in [1.54, 1.807) is 42.5 Å². The second-order valence-corrected chi connectivity index (χ2v) is 4.70. The van der Waals surface area contributed by atoms with E-state index in [1.165, 1.54) is 0 Å². The number of aromatic hydroxyl groups is 1. The normalized spacial score (nSPS) is 12.4. The maximum Gasteiger partial charge on any atom is 0.115 e. The van der Waals surface area contributed by atoms with Gasteiger partial charge in [0.05, 0.1) is 0 Å². The monoisotopic (exact) mass is 247 g/mol. The van der Waals surface area contributed by atoms with E-state index in [2.05, 4.69) is 0 Å². The molecule has 2 rings (SSSR count). The summed E-state index contributed by atoms with van der Waals surface area (Å²) in [5.41, 5.74) is 2.73. The Bertz CT molecular complexity index is 561. The number of benzene rings is 2. The molecule has 1 N–H and O–H groups in total. The molecule has 0 aliphatic rings. The Balaban J connectivity index is 2.54. The van der Waals surface area contributed by atoms with Crippen molar-refractivity contribution in [3.63, 3.8) is 0 Å². The van der Waals surface area contributed by atoms with Crippen LogP contribution in [0.4, 0.5) is 0 Å². The zero-order chi connectivity index (χ0) is 12.4. The Hall–Kier alpha value is -1.65.